The minimum atomic E-state index is -3.88. The number of carbonyl (C=O) groups excluding carboxylic acids is 1. The van der Waals surface area contributed by atoms with Crippen LogP contribution in [0.1, 0.15) is 64.4 Å². The third kappa shape index (κ3) is 5.96. The molecule has 1 amide bonds. The average molecular weight is 620 g/mol. The summed E-state index contributed by atoms with van der Waals surface area (Å²) in [7, 11) is -2.15. The minimum absolute atomic E-state index is 0.0386. The number of benzene rings is 3. The molecule has 6 rings (SSSR count). The van der Waals surface area contributed by atoms with E-state index >= 15 is 0 Å². The molecule has 9 heteroatoms. The highest BCUT2D eigenvalue weighted by molar-refractivity contribution is 7.89. The lowest BCUT2D eigenvalue weighted by Gasteiger charge is -2.41. The summed E-state index contributed by atoms with van der Waals surface area (Å²) in [6.07, 6.45) is 5.08. The Morgan fingerprint density at radius 1 is 0.909 bits per heavy atom. The van der Waals surface area contributed by atoms with Crippen LogP contribution in [0.3, 0.4) is 0 Å². The van der Waals surface area contributed by atoms with Gasteiger partial charge >= 0.3 is 6.09 Å². The first-order chi connectivity index (χ1) is 20.9. The number of fused-ring (bicyclic) bond motifs is 1. The fourth-order valence-corrected chi connectivity index (χ4v) is 8.53. The van der Waals surface area contributed by atoms with Crippen molar-refractivity contribution in [3.63, 3.8) is 0 Å². The summed E-state index contributed by atoms with van der Waals surface area (Å²) < 4.78 is 50.2. The van der Waals surface area contributed by atoms with Crippen LogP contribution in [-0.4, -0.2) is 62.0 Å². The number of anilines is 2. The molecule has 0 aromatic heterocycles. The molecule has 7 nitrogen and oxygen atoms in total. The molecule has 0 N–H and O–H groups in total. The fourth-order valence-electron chi connectivity index (χ4n) is 6.92. The Hall–Kier alpha value is -3.43. The van der Waals surface area contributed by atoms with Crippen molar-refractivity contribution in [3.05, 3.63) is 78.1 Å². The largest absolute Gasteiger partial charge is 0.444 e. The van der Waals surface area contributed by atoms with Crippen LogP contribution in [0.4, 0.5) is 20.6 Å². The van der Waals surface area contributed by atoms with Crippen molar-refractivity contribution in [2.45, 2.75) is 75.3 Å². The number of likely N-dealkylation sites (N-methyl/N-ethyl adjacent to an activating group) is 1. The third-order valence-electron chi connectivity index (χ3n) is 9.31. The fraction of sp³-hybridized carbons (Fsp3) is 0.457. The molecule has 1 aliphatic carbocycles. The molecule has 1 saturated heterocycles. The number of ether oxygens (including phenoxy) is 1. The van der Waals surface area contributed by atoms with E-state index < -0.39 is 15.6 Å². The highest BCUT2D eigenvalue weighted by Crippen LogP contribution is 2.46. The number of hydrogen-bond acceptors (Lipinski definition) is 5. The molecule has 3 aromatic carbocycles. The molecule has 0 spiro atoms. The van der Waals surface area contributed by atoms with Gasteiger partial charge in [0, 0.05) is 44.3 Å². The predicted octanol–water partition coefficient (Wildman–Crippen LogP) is 7.55. The first-order valence-electron chi connectivity index (χ1n) is 15.6. The lowest BCUT2D eigenvalue weighted by molar-refractivity contribution is 0.00823. The lowest BCUT2D eigenvalue weighted by atomic mass is 9.83. The smallest absolute Gasteiger partial charge is 0.410 e. The molecular weight excluding hydrogens is 577 g/mol. The van der Waals surface area contributed by atoms with Crippen molar-refractivity contribution in [2.24, 2.45) is 5.92 Å². The molecule has 1 saturated carbocycles. The lowest BCUT2D eigenvalue weighted by Crippen LogP contribution is -2.50. The Labute approximate surface area is 260 Å². The van der Waals surface area contributed by atoms with Crippen LogP contribution >= 0.6 is 0 Å². The molecule has 2 aliphatic heterocycles. The highest BCUT2D eigenvalue weighted by atomic mass is 32.2. The van der Waals surface area contributed by atoms with Crippen LogP contribution in [0.2, 0.25) is 0 Å². The van der Waals surface area contributed by atoms with E-state index in [4.69, 9.17) is 4.74 Å². The maximum absolute atomic E-state index is 14.5. The van der Waals surface area contributed by atoms with Gasteiger partial charge in [-0.2, -0.15) is 4.31 Å². The minimum Gasteiger partial charge on any atom is -0.444 e. The van der Waals surface area contributed by atoms with Crippen molar-refractivity contribution in [3.8, 4) is 11.1 Å². The average Bonchev–Trinajstić information content (AvgIpc) is 3.04. The Balaban J connectivity index is 1.49. The number of amides is 1. The second kappa shape index (κ2) is 11.8. The summed E-state index contributed by atoms with van der Waals surface area (Å²) >= 11 is 0. The number of para-hydroxylation sites is 1. The molecule has 3 aromatic rings. The molecule has 0 bridgehead atoms. The molecule has 0 radical (unpaired) electrons. The maximum Gasteiger partial charge on any atom is 0.410 e. The van der Waals surface area contributed by atoms with E-state index in [1.165, 1.54) is 18.6 Å². The zero-order valence-corrected chi connectivity index (χ0v) is 26.8. The molecule has 234 valence electrons. The third-order valence-corrected chi connectivity index (χ3v) is 11.2. The zero-order chi connectivity index (χ0) is 31.2. The van der Waals surface area contributed by atoms with Gasteiger partial charge in [0.1, 0.15) is 16.3 Å². The van der Waals surface area contributed by atoms with E-state index in [2.05, 4.69) is 4.90 Å². The van der Waals surface area contributed by atoms with Crippen molar-refractivity contribution in [2.75, 3.05) is 31.6 Å². The van der Waals surface area contributed by atoms with E-state index in [1.807, 2.05) is 57.2 Å². The van der Waals surface area contributed by atoms with Crippen LogP contribution in [0.5, 0.6) is 0 Å². The molecule has 2 fully saturated rings. The summed E-state index contributed by atoms with van der Waals surface area (Å²) in [4.78, 5) is 16.9. The summed E-state index contributed by atoms with van der Waals surface area (Å²) in [6, 6.07) is 19.8. The first kappa shape index (κ1) is 30.6. The van der Waals surface area contributed by atoms with Crippen molar-refractivity contribution in [1.82, 2.24) is 9.21 Å². The van der Waals surface area contributed by atoms with Gasteiger partial charge in [-0.15, -0.1) is 0 Å². The zero-order valence-electron chi connectivity index (χ0n) is 26.0. The highest BCUT2D eigenvalue weighted by Gasteiger charge is 2.43. The topological polar surface area (TPSA) is 70.2 Å². The number of halogens is 1. The predicted molar refractivity (Wildman–Crippen MR) is 171 cm³/mol. The van der Waals surface area contributed by atoms with Crippen LogP contribution in [-0.2, 0) is 14.8 Å². The van der Waals surface area contributed by atoms with Crippen molar-refractivity contribution >= 4 is 27.5 Å². The van der Waals surface area contributed by atoms with Gasteiger partial charge < -0.3 is 14.5 Å². The van der Waals surface area contributed by atoms with E-state index in [-0.39, 0.29) is 34.7 Å². The Morgan fingerprint density at radius 2 is 1.57 bits per heavy atom. The monoisotopic (exact) mass is 619 g/mol. The maximum atomic E-state index is 14.5. The molecular formula is C35H42FN3O4S. The van der Waals surface area contributed by atoms with Crippen LogP contribution < -0.4 is 4.90 Å². The van der Waals surface area contributed by atoms with E-state index in [0.717, 1.165) is 48.1 Å². The quantitative estimate of drug-likeness (QED) is 0.302. The van der Waals surface area contributed by atoms with E-state index in [0.29, 0.717) is 25.3 Å². The van der Waals surface area contributed by atoms with Gasteiger partial charge in [-0.25, -0.2) is 17.6 Å². The first-order valence-corrected chi connectivity index (χ1v) is 17.1. The molecule has 2 heterocycles. The van der Waals surface area contributed by atoms with Gasteiger partial charge in [-0.1, -0.05) is 49.6 Å². The number of nitrogens with zero attached hydrogens (tertiary/aromatic N) is 3. The molecule has 0 unspecified atom stereocenters. The number of rotatable bonds is 4. The van der Waals surface area contributed by atoms with Gasteiger partial charge in [0.25, 0.3) is 0 Å². The number of hydrogen-bond donors (Lipinski definition) is 0. The van der Waals surface area contributed by atoms with Gasteiger partial charge in [0.2, 0.25) is 10.0 Å². The van der Waals surface area contributed by atoms with Gasteiger partial charge in [-0.05, 0) is 92.6 Å². The van der Waals surface area contributed by atoms with Crippen molar-refractivity contribution < 1.29 is 22.3 Å². The molecule has 3 aliphatic rings. The standard InChI is InChI=1S/C35H42FN3O4S/c1-35(2,3)43-34(40)38-21-26(22-38)29-19-31-33(20-30(29)24-15-17-27(36)18-16-24)44(41,42)37(4)32(25-11-7-5-8-12-25)23-39(31)28-13-9-6-10-14-28/h6,9-10,13-20,25-26,32H,5,7-8,11-12,21-23H2,1-4H3/t32-/m0/s1. The Kier molecular flexibility index (Phi) is 8.22. The summed E-state index contributed by atoms with van der Waals surface area (Å²) in [5.74, 6) is -0.125. The number of likely N-dealkylation sites (tertiary alicyclic amines) is 1. The number of carbonyl (C=O) groups is 1. The van der Waals surface area contributed by atoms with Gasteiger partial charge in [0.15, 0.2) is 0 Å². The van der Waals surface area contributed by atoms with E-state index in [9.17, 15) is 17.6 Å². The molecule has 44 heavy (non-hydrogen) atoms. The van der Waals surface area contributed by atoms with Crippen LogP contribution in [0.15, 0.2) is 71.6 Å². The summed E-state index contributed by atoms with van der Waals surface area (Å²) in [5.41, 5.74) is 3.38. The molecule has 1 atom stereocenters. The van der Waals surface area contributed by atoms with Crippen molar-refractivity contribution in [1.29, 1.82) is 0 Å². The van der Waals surface area contributed by atoms with Crippen LogP contribution in [0.25, 0.3) is 11.1 Å². The SMILES string of the molecule is CN1[C@H](C2CCCCC2)CN(c2ccccc2)c2cc(C3CN(C(=O)OC(C)(C)C)C3)c(-c3ccc(F)cc3)cc2S1(=O)=O. The van der Waals surface area contributed by atoms with Gasteiger partial charge in [-0.3, -0.25) is 0 Å². The van der Waals surface area contributed by atoms with Gasteiger partial charge in [0.05, 0.1) is 5.69 Å². The summed E-state index contributed by atoms with van der Waals surface area (Å²) in [6.45, 7) is 6.98. The second-order valence-electron chi connectivity index (χ2n) is 13.4. The normalized spacial score (nSPS) is 21.3. The Morgan fingerprint density at radius 3 is 2.20 bits per heavy atom. The number of sulfonamides is 1. The Bertz CT molecular complexity index is 1610. The summed E-state index contributed by atoms with van der Waals surface area (Å²) in [5, 5.41) is 0. The van der Waals surface area contributed by atoms with E-state index in [1.54, 1.807) is 34.5 Å². The van der Waals surface area contributed by atoms with Crippen LogP contribution in [0, 0.1) is 11.7 Å². The second-order valence-corrected chi connectivity index (χ2v) is 15.4.